The average Bonchev–Trinajstić information content (AvgIpc) is 2.69. The first-order valence-electron chi connectivity index (χ1n) is 9.31. The normalized spacial score (nSPS) is 10.9. The number of halogens is 2. The summed E-state index contributed by atoms with van der Waals surface area (Å²) >= 11 is -5.29. The summed E-state index contributed by atoms with van der Waals surface area (Å²) in [6.07, 6.45) is 0.340. The fourth-order valence-corrected chi connectivity index (χ4v) is 4.25. The van der Waals surface area contributed by atoms with Gasteiger partial charge in [0.25, 0.3) is 0 Å². The van der Waals surface area contributed by atoms with E-state index in [9.17, 15) is 35.4 Å². The Hall–Kier alpha value is -2.72. The van der Waals surface area contributed by atoms with Crippen molar-refractivity contribution in [1.82, 2.24) is 0 Å². The molecule has 0 saturated heterocycles. The molecule has 2 amide bonds. The molecule has 0 aliphatic heterocycles. The number of primary amides is 1. The summed E-state index contributed by atoms with van der Waals surface area (Å²) in [6, 6.07) is 13.3. The summed E-state index contributed by atoms with van der Waals surface area (Å²) in [6.45, 7) is -1.62. The van der Waals surface area contributed by atoms with E-state index < -0.39 is 32.6 Å². The Morgan fingerprint density at radius 2 is 1.75 bits per heavy atom. The molecule has 2 rings (SSSR count). The zero-order chi connectivity index (χ0) is 24.3. The molecule has 0 heterocycles. The second-order valence-corrected chi connectivity index (χ2v) is 9.74. The number of hydrogen-bond acceptors (Lipinski definition) is 5. The summed E-state index contributed by atoms with van der Waals surface area (Å²) in [4.78, 5) is 23.1. The van der Waals surface area contributed by atoms with Gasteiger partial charge in [0.05, 0.1) is 6.61 Å². The maximum absolute atomic E-state index is 12.0. The van der Waals surface area contributed by atoms with Crippen LogP contribution in [0.3, 0.4) is 0 Å². The van der Waals surface area contributed by atoms with E-state index in [1.807, 2.05) is 30.3 Å². The number of carbonyl (C=O) groups is 2. The Balaban J connectivity index is 0.000000482. The molecule has 0 aromatic heterocycles. The number of ether oxygens (including phenoxy) is 1. The third kappa shape index (κ3) is 9.61. The number of para-hydroxylation sites is 1. The van der Waals surface area contributed by atoms with Gasteiger partial charge in [-0.05, 0) is 0 Å². The topological polar surface area (TPSA) is 150 Å². The van der Waals surface area contributed by atoms with Crippen LogP contribution in [0.25, 0.3) is 0 Å². The van der Waals surface area contributed by atoms with Crippen LogP contribution in [0.5, 0.6) is 5.75 Å². The van der Waals surface area contributed by atoms with Crippen molar-refractivity contribution in [3.8, 4) is 5.75 Å². The zero-order valence-electron chi connectivity index (χ0n) is 17.2. The van der Waals surface area contributed by atoms with Gasteiger partial charge in [-0.1, -0.05) is 0 Å². The molecule has 0 unspecified atom stereocenters. The summed E-state index contributed by atoms with van der Waals surface area (Å²) in [5.41, 5.74) is 5.49. The van der Waals surface area contributed by atoms with E-state index in [2.05, 4.69) is 10.5 Å². The van der Waals surface area contributed by atoms with Crippen molar-refractivity contribution in [3.63, 3.8) is 0 Å². The molecule has 176 valence electrons. The van der Waals surface area contributed by atoms with Crippen molar-refractivity contribution in [2.75, 3.05) is 18.1 Å². The maximum atomic E-state index is 12.0. The fourth-order valence-electron chi connectivity index (χ4n) is 2.59. The molecule has 0 fully saturated rings. The molecule has 5 N–H and O–H groups in total. The first-order chi connectivity index (χ1) is 14.9. The largest absolute Gasteiger partial charge is 0.370 e. The second kappa shape index (κ2) is 13.0. The van der Waals surface area contributed by atoms with E-state index in [1.54, 1.807) is 0 Å². The molecule has 2 aromatic rings. The van der Waals surface area contributed by atoms with Gasteiger partial charge in [0.15, 0.2) is 0 Å². The van der Waals surface area contributed by atoms with Crippen molar-refractivity contribution < 1.29 is 40.1 Å². The number of phenolic OH excluding ortho intramolecular Hbond substituents is 1. The second-order valence-electron chi connectivity index (χ2n) is 6.44. The van der Waals surface area contributed by atoms with E-state index in [1.165, 1.54) is 30.0 Å². The number of hydrogen-bond donors (Lipinski definition) is 4. The number of rotatable bonds is 9. The van der Waals surface area contributed by atoms with Crippen molar-refractivity contribution in [2.45, 2.75) is 26.4 Å². The van der Waals surface area contributed by atoms with E-state index in [4.69, 9.17) is 0 Å². The number of alkyl halides is 2. The number of carbonyl (C=O) groups excluding carboxylic acids is 2. The Morgan fingerprint density at radius 1 is 1.12 bits per heavy atom. The van der Waals surface area contributed by atoms with Gasteiger partial charge in [0.1, 0.15) is 0 Å². The van der Waals surface area contributed by atoms with Gasteiger partial charge < -0.3 is 10.5 Å². The molecule has 0 radical (unpaired) electrons. The van der Waals surface area contributed by atoms with Gasteiger partial charge in [-0.15, -0.1) is 0 Å². The average molecular weight is 518 g/mol. The SMILES string of the molecule is CC(=O)N(CCc1ccccc1)c1c(O)cccc1[As](=O)(O)O.NC(=O)CCOC(F)F. The minimum atomic E-state index is -5.29. The molecular formula is C20H25AsF2N2O7. The molecule has 12 heteroatoms. The van der Waals surface area contributed by atoms with Gasteiger partial charge in [0.2, 0.25) is 5.91 Å². The Morgan fingerprint density at radius 3 is 2.25 bits per heavy atom. The third-order valence-electron chi connectivity index (χ3n) is 4.02. The van der Waals surface area contributed by atoms with Crippen LogP contribution in [0.4, 0.5) is 14.5 Å². The molecule has 0 atom stereocenters. The standard InChI is InChI=1S/C16H18AsNO5.C4H7F2NO2/c1-12(19)18(11-10-13-6-3-2-4-7-13)16-14(17(21,22)23)8-5-9-15(16)20;5-4(6)9-2-1-3(7)8/h2-9,20H,10-11H2,1H3,(H2,21,22,23);4H,1-2H2,(H2,7,8). The quantitative estimate of drug-likeness (QED) is 0.356. The molecule has 0 aliphatic rings. The Labute approximate surface area is 186 Å². The van der Waals surface area contributed by atoms with Crippen molar-refractivity contribution in [2.24, 2.45) is 5.73 Å². The number of amides is 2. The van der Waals surface area contributed by atoms with Crippen LogP contribution in [-0.2, 0) is 24.5 Å². The predicted molar refractivity (Wildman–Crippen MR) is 113 cm³/mol. The van der Waals surface area contributed by atoms with Gasteiger partial charge >= 0.3 is 143 Å². The van der Waals surface area contributed by atoms with Crippen molar-refractivity contribution >= 4 is 36.0 Å². The number of nitrogens with zero attached hydrogens (tertiary/aromatic N) is 1. The molecule has 2 aromatic carbocycles. The molecule has 0 saturated carbocycles. The van der Waals surface area contributed by atoms with Crippen molar-refractivity contribution in [3.05, 3.63) is 54.1 Å². The van der Waals surface area contributed by atoms with Crippen LogP contribution >= 0.6 is 0 Å². The Bertz CT molecular complexity index is 939. The third-order valence-corrected chi connectivity index (χ3v) is 6.09. The van der Waals surface area contributed by atoms with Crippen LogP contribution in [-0.4, -0.2) is 59.0 Å². The molecule has 0 spiro atoms. The molecular weight excluding hydrogens is 493 g/mol. The van der Waals surface area contributed by atoms with E-state index in [-0.39, 0.29) is 35.4 Å². The van der Waals surface area contributed by atoms with Gasteiger partial charge in [-0.25, -0.2) is 0 Å². The first-order valence-corrected chi connectivity index (χ1v) is 12.7. The van der Waals surface area contributed by atoms with Crippen LogP contribution in [0.2, 0.25) is 0 Å². The van der Waals surface area contributed by atoms with E-state index in [0.29, 0.717) is 6.42 Å². The zero-order valence-corrected chi connectivity index (χ0v) is 19.1. The van der Waals surface area contributed by atoms with Crippen LogP contribution < -0.4 is 15.0 Å². The number of phenols is 1. The van der Waals surface area contributed by atoms with Crippen LogP contribution in [0.1, 0.15) is 18.9 Å². The summed E-state index contributed by atoms with van der Waals surface area (Å²) in [5.74, 6) is -1.36. The van der Waals surface area contributed by atoms with Crippen molar-refractivity contribution in [1.29, 1.82) is 0 Å². The van der Waals surface area contributed by atoms with Gasteiger partial charge in [-0.2, -0.15) is 8.78 Å². The van der Waals surface area contributed by atoms with E-state index in [0.717, 1.165) is 5.56 Å². The fraction of sp³-hybridized carbons (Fsp3) is 0.300. The number of nitrogens with two attached hydrogens (primary N) is 1. The monoisotopic (exact) mass is 518 g/mol. The van der Waals surface area contributed by atoms with E-state index >= 15 is 0 Å². The van der Waals surface area contributed by atoms with Crippen LogP contribution in [0, 0.1) is 0 Å². The number of anilines is 1. The summed E-state index contributed by atoms with van der Waals surface area (Å²) in [5, 5.41) is 10.0. The van der Waals surface area contributed by atoms with Gasteiger partial charge in [0, 0.05) is 6.42 Å². The minimum Gasteiger partial charge on any atom is -0.370 e. The Kier molecular flexibility index (Phi) is 11.1. The minimum absolute atomic E-state index is 0.108. The molecule has 32 heavy (non-hydrogen) atoms. The maximum Gasteiger partial charge on any atom is 0.345 e. The molecule has 0 bridgehead atoms. The smallest absolute Gasteiger partial charge is 0.345 e. The molecule has 9 nitrogen and oxygen atoms in total. The van der Waals surface area contributed by atoms with Gasteiger partial charge in [-0.3, -0.25) is 4.79 Å². The summed E-state index contributed by atoms with van der Waals surface area (Å²) in [7, 11) is 0. The first kappa shape index (κ1) is 27.3. The predicted octanol–water partition coefficient (Wildman–Crippen LogP) is 0.650. The summed E-state index contributed by atoms with van der Waals surface area (Å²) < 4.78 is 56.4. The number of aromatic hydroxyl groups is 1. The van der Waals surface area contributed by atoms with Crippen LogP contribution in [0.15, 0.2) is 48.5 Å². The molecule has 0 aliphatic carbocycles. The number of benzene rings is 2.